The van der Waals surface area contributed by atoms with Crippen molar-refractivity contribution in [3.05, 3.63) is 0 Å². The van der Waals surface area contributed by atoms with E-state index in [0.717, 1.165) is 6.42 Å². The summed E-state index contributed by atoms with van der Waals surface area (Å²) in [6, 6.07) is 0. The van der Waals surface area contributed by atoms with Crippen LogP contribution in [0.2, 0.25) is 0 Å². The van der Waals surface area contributed by atoms with Gasteiger partial charge in [-0.05, 0) is 33.1 Å². The van der Waals surface area contributed by atoms with E-state index in [4.69, 9.17) is 9.84 Å². The first-order chi connectivity index (χ1) is 7.34. The van der Waals surface area contributed by atoms with Crippen molar-refractivity contribution >= 4 is 11.9 Å². The van der Waals surface area contributed by atoms with Crippen LogP contribution < -0.4 is 5.32 Å². The van der Waals surface area contributed by atoms with Crippen LogP contribution in [0.5, 0.6) is 0 Å². The summed E-state index contributed by atoms with van der Waals surface area (Å²) in [4.78, 5) is 23.0. The average Bonchev–Trinajstić information content (AvgIpc) is 2.66. The van der Waals surface area contributed by atoms with Crippen molar-refractivity contribution < 1.29 is 19.4 Å². The molecule has 5 heteroatoms. The zero-order chi connectivity index (χ0) is 12.4. The molecule has 1 heterocycles. The van der Waals surface area contributed by atoms with Crippen LogP contribution in [0.15, 0.2) is 0 Å². The van der Waals surface area contributed by atoms with Crippen LogP contribution >= 0.6 is 0 Å². The van der Waals surface area contributed by atoms with E-state index in [1.165, 1.54) is 6.92 Å². The smallest absolute Gasteiger partial charge is 0.329 e. The number of ether oxygens (including phenoxy) is 1. The number of hydrogen-bond acceptors (Lipinski definition) is 3. The summed E-state index contributed by atoms with van der Waals surface area (Å²) in [5.74, 6) is -1.36. The Kier molecular flexibility index (Phi) is 3.57. The molecule has 0 aromatic heterocycles. The number of carboxylic acid groups (broad SMARTS) is 1. The van der Waals surface area contributed by atoms with E-state index in [9.17, 15) is 9.59 Å². The molecular weight excluding hydrogens is 210 g/mol. The molecule has 0 aliphatic carbocycles. The van der Waals surface area contributed by atoms with Gasteiger partial charge >= 0.3 is 5.97 Å². The number of carbonyl (C=O) groups excluding carboxylic acids is 1. The van der Waals surface area contributed by atoms with Crippen LogP contribution in [0.3, 0.4) is 0 Å². The minimum Gasteiger partial charge on any atom is -0.480 e. The normalized spacial score (nSPS) is 28.4. The quantitative estimate of drug-likeness (QED) is 0.751. The summed E-state index contributed by atoms with van der Waals surface area (Å²) in [5, 5.41) is 11.6. The van der Waals surface area contributed by atoms with E-state index in [2.05, 4.69) is 5.32 Å². The Balaban J connectivity index is 2.73. The van der Waals surface area contributed by atoms with Gasteiger partial charge in [-0.25, -0.2) is 4.79 Å². The van der Waals surface area contributed by atoms with Crippen LogP contribution in [-0.2, 0) is 14.3 Å². The van der Waals surface area contributed by atoms with E-state index >= 15 is 0 Å². The molecule has 2 atom stereocenters. The van der Waals surface area contributed by atoms with Crippen molar-refractivity contribution in [2.75, 3.05) is 6.61 Å². The highest BCUT2D eigenvalue weighted by Crippen LogP contribution is 2.26. The Morgan fingerprint density at radius 2 is 2.19 bits per heavy atom. The number of carbonyl (C=O) groups is 2. The molecule has 2 N–H and O–H groups in total. The number of amides is 1. The van der Waals surface area contributed by atoms with Gasteiger partial charge in [-0.2, -0.15) is 0 Å². The molecule has 1 aliphatic rings. The molecule has 0 spiro atoms. The Morgan fingerprint density at radius 3 is 2.56 bits per heavy atom. The molecule has 0 radical (unpaired) electrons. The van der Waals surface area contributed by atoms with Crippen LogP contribution in [0.25, 0.3) is 0 Å². The molecule has 1 amide bonds. The molecule has 1 fully saturated rings. The highest BCUT2D eigenvalue weighted by molar-refractivity contribution is 5.91. The van der Waals surface area contributed by atoms with Gasteiger partial charge in [0.15, 0.2) is 0 Å². The molecule has 2 unspecified atom stereocenters. The summed E-state index contributed by atoms with van der Waals surface area (Å²) >= 11 is 0. The van der Waals surface area contributed by atoms with Gasteiger partial charge in [-0.15, -0.1) is 0 Å². The lowest BCUT2D eigenvalue weighted by atomic mass is 9.95. The largest absolute Gasteiger partial charge is 0.480 e. The van der Waals surface area contributed by atoms with Crippen molar-refractivity contribution in [2.24, 2.45) is 0 Å². The Bertz CT molecular complexity index is 296. The summed E-state index contributed by atoms with van der Waals surface area (Å²) in [5.41, 5.74) is -2.09. The average molecular weight is 229 g/mol. The molecule has 1 saturated heterocycles. The van der Waals surface area contributed by atoms with Crippen molar-refractivity contribution in [1.82, 2.24) is 5.32 Å². The molecule has 1 aliphatic heterocycles. The molecule has 0 bridgehead atoms. The highest BCUT2D eigenvalue weighted by atomic mass is 16.5. The molecule has 1 rings (SSSR count). The minimum atomic E-state index is -1.22. The first-order valence-corrected chi connectivity index (χ1v) is 5.54. The summed E-state index contributed by atoms with van der Waals surface area (Å²) < 4.78 is 5.37. The monoisotopic (exact) mass is 229 g/mol. The molecule has 16 heavy (non-hydrogen) atoms. The fourth-order valence-corrected chi connectivity index (χ4v) is 1.63. The lowest BCUT2D eigenvalue weighted by Gasteiger charge is -2.30. The second-order valence-electron chi connectivity index (χ2n) is 4.63. The number of carboxylic acids is 1. The Hall–Kier alpha value is -1.10. The second-order valence-corrected chi connectivity index (χ2v) is 4.63. The third-order valence-corrected chi connectivity index (χ3v) is 3.27. The summed E-state index contributed by atoms with van der Waals surface area (Å²) in [6.07, 6.45) is 1.81. The fourth-order valence-electron chi connectivity index (χ4n) is 1.63. The molecular formula is C11H19NO4. The van der Waals surface area contributed by atoms with Gasteiger partial charge in [0.05, 0.1) is 0 Å². The number of rotatable bonds is 4. The van der Waals surface area contributed by atoms with Crippen LogP contribution in [0, 0.1) is 0 Å². The van der Waals surface area contributed by atoms with Crippen molar-refractivity contribution in [3.63, 3.8) is 0 Å². The van der Waals surface area contributed by atoms with Crippen molar-refractivity contribution in [1.29, 1.82) is 0 Å². The number of hydrogen-bond donors (Lipinski definition) is 2. The molecule has 0 aromatic carbocycles. The highest BCUT2D eigenvalue weighted by Gasteiger charge is 2.42. The second kappa shape index (κ2) is 4.41. The molecule has 92 valence electrons. The van der Waals surface area contributed by atoms with E-state index < -0.39 is 17.1 Å². The van der Waals surface area contributed by atoms with Gasteiger partial charge in [-0.3, -0.25) is 4.79 Å². The van der Waals surface area contributed by atoms with Crippen LogP contribution in [0.1, 0.15) is 40.0 Å². The molecule has 5 nitrogen and oxygen atoms in total. The summed E-state index contributed by atoms with van der Waals surface area (Å²) in [7, 11) is 0. The lowest BCUT2D eigenvalue weighted by Crippen LogP contribution is -2.57. The zero-order valence-corrected chi connectivity index (χ0v) is 10.0. The zero-order valence-electron chi connectivity index (χ0n) is 10.0. The van der Waals surface area contributed by atoms with Gasteiger partial charge in [0.25, 0.3) is 5.91 Å². The van der Waals surface area contributed by atoms with Gasteiger partial charge in [-0.1, -0.05) is 6.92 Å². The summed E-state index contributed by atoms with van der Waals surface area (Å²) in [6.45, 7) is 5.49. The topological polar surface area (TPSA) is 75.6 Å². The predicted octanol–water partition coefficient (Wildman–Crippen LogP) is 0.925. The Morgan fingerprint density at radius 1 is 1.56 bits per heavy atom. The van der Waals surface area contributed by atoms with E-state index in [1.54, 1.807) is 13.8 Å². The van der Waals surface area contributed by atoms with Crippen molar-refractivity contribution in [3.8, 4) is 0 Å². The third-order valence-electron chi connectivity index (χ3n) is 3.27. The van der Waals surface area contributed by atoms with Gasteiger partial charge in [0, 0.05) is 6.61 Å². The van der Waals surface area contributed by atoms with Gasteiger partial charge in [0.2, 0.25) is 0 Å². The SMILES string of the molecule is CCC(C)(NC(=O)C1(C)CCCO1)C(=O)O. The van der Waals surface area contributed by atoms with Crippen LogP contribution in [-0.4, -0.2) is 34.7 Å². The maximum atomic E-state index is 11.9. The standard InChI is InChI=1S/C11H19NO4/c1-4-10(2,9(14)15)12-8(13)11(3)6-5-7-16-11/h4-7H2,1-3H3,(H,12,13)(H,14,15). The number of nitrogens with one attached hydrogen (secondary N) is 1. The maximum absolute atomic E-state index is 11.9. The molecule has 0 aromatic rings. The first kappa shape index (κ1) is 13.0. The third kappa shape index (κ3) is 2.35. The number of aliphatic carboxylic acids is 1. The van der Waals surface area contributed by atoms with Crippen molar-refractivity contribution in [2.45, 2.75) is 51.2 Å². The minimum absolute atomic E-state index is 0.336. The van der Waals surface area contributed by atoms with E-state index in [1.807, 2.05) is 0 Å². The van der Waals surface area contributed by atoms with Crippen LogP contribution in [0.4, 0.5) is 0 Å². The van der Waals surface area contributed by atoms with Gasteiger partial charge < -0.3 is 15.2 Å². The maximum Gasteiger partial charge on any atom is 0.329 e. The Labute approximate surface area is 95.2 Å². The molecule has 0 saturated carbocycles. The lowest BCUT2D eigenvalue weighted by molar-refractivity contribution is -0.152. The van der Waals surface area contributed by atoms with E-state index in [0.29, 0.717) is 19.4 Å². The predicted molar refractivity (Wildman–Crippen MR) is 58.1 cm³/mol. The van der Waals surface area contributed by atoms with E-state index in [-0.39, 0.29) is 5.91 Å². The van der Waals surface area contributed by atoms with Gasteiger partial charge in [0.1, 0.15) is 11.1 Å². The fraction of sp³-hybridized carbons (Fsp3) is 0.818. The first-order valence-electron chi connectivity index (χ1n) is 5.54.